The van der Waals surface area contributed by atoms with Crippen LogP contribution in [-0.4, -0.2) is 24.6 Å². The molecule has 6 heteroatoms. The SMILES string of the molecule is O=P(CCc1ccccc1)(CCc1ccccc1)Oc1ccccc1OP(=O)(CCc1ccccc1)CCc1ccccc1. The Kier molecular flexibility index (Phi) is 11.3. The average molecular weight is 623 g/mol. The van der Waals surface area contributed by atoms with Gasteiger partial charge in [0.1, 0.15) is 0 Å². The zero-order valence-corrected chi connectivity index (χ0v) is 26.8. The van der Waals surface area contributed by atoms with Crippen LogP contribution in [0.15, 0.2) is 146 Å². The van der Waals surface area contributed by atoms with Gasteiger partial charge in [0.2, 0.25) is 14.7 Å². The van der Waals surface area contributed by atoms with Crippen LogP contribution < -0.4 is 9.05 Å². The van der Waals surface area contributed by atoms with E-state index in [-0.39, 0.29) is 0 Å². The van der Waals surface area contributed by atoms with Crippen LogP contribution in [0.2, 0.25) is 0 Å². The van der Waals surface area contributed by atoms with E-state index in [1.165, 1.54) is 0 Å². The van der Waals surface area contributed by atoms with Crippen LogP contribution in [0, 0.1) is 0 Å². The predicted molar refractivity (Wildman–Crippen MR) is 183 cm³/mol. The van der Waals surface area contributed by atoms with Crippen LogP contribution in [0.4, 0.5) is 0 Å². The Bertz CT molecular complexity index is 1440. The topological polar surface area (TPSA) is 52.6 Å². The second-order valence-corrected chi connectivity index (χ2v) is 16.5. The van der Waals surface area contributed by atoms with Crippen molar-refractivity contribution in [1.82, 2.24) is 0 Å². The standard InChI is InChI=1S/C38H40O4P2/c39-43(29-25-33-15-5-1-6-16-33,30-26-34-17-7-2-8-18-34)41-37-23-13-14-24-38(37)42-44(40,31-27-35-19-9-3-10-20-35)32-28-36-21-11-4-12-22-36/h1-24H,25-32H2. The Morgan fingerprint density at radius 3 is 0.818 bits per heavy atom. The number of aryl methyl sites for hydroxylation is 4. The Hall–Kier alpha value is -3.84. The van der Waals surface area contributed by atoms with Gasteiger partial charge < -0.3 is 9.05 Å². The van der Waals surface area contributed by atoms with Crippen molar-refractivity contribution < 1.29 is 18.2 Å². The van der Waals surface area contributed by atoms with Crippen molar-refractivity contribution >= 4 is 14.7 Å². The molecule has 0 spiro atoms. The lowest BCUT2D eigenvalue weighted by atomic mass is 10.2. The summed E-state index contributed by atoms with van der Waals surface area (Å²) in [5, 5.41) is 0. The lowest BCUT2D eigenvalue weighted by Gasteiger charge is -2.24. The second-order valence-electron chi connectivity index (χ2n) is 11.1. The van der Waals surface area contributed by atoms with Crippen molar-refractivity contribution in [3.05, 3.63) is 168 Å². The van der Waals surface area contributed by atoms with E-state index in [9.17, 15) is 9.13 Å². The maximum atomic E-state index is 14.5. The molecule has 0 aliphatic heterocycles. The molecular formula is C38H40O4P2. The highest BCUT2D eigenvalue weighted by Gasteiger charge is 2.29. The minimum Gasteiger partial charge on any atom is -0.439 e. The van der Waals surface area contributed by atoms with E-state index in [4.69, 9.17) is 9.05 Å². The molecule has 0 amide bonds. The van der Waals surface area contributed by atoms with Gasteiger partial charge in [0.05, 0.1) is 0 Å². The van der Waals surface area contributed by atoms with E-state index in [2.05, 4.69) is 0 Å². The molecule has 5 aromatic rings. The van der Waals surface area contributed by atoms with Crippen molar-refractivity contribution in [2.75, 3.05) is 24.6 Å². The van der Waals surface area contributed by atoms with Crippen molar-refractivity contribution in [1.29, 1.82) is 0 Å². The molecule has 0 atom stereocenters. The van der Waals surface area contributed by atoms with E-state index in [1.54, 1.807) is 12.1 Å². The van der Waals surface area contributed by atoms with Crippen LogP contribution in [0.25, 0.3) is 0 Å². The first-order chi connectivity index (χ1) is 21.5. The van der Waals surface area contributed by atoms with E-state index in [0.29, 0.717) is 61.8 Å². The molecule has 0 aromatic heterocycles. The van der Waals surface area contributed by atoms with E-state index in [0.717, 1.165) is 22.3 Å². The van der Waals surface area contributed by atoms with E-state index in [1.807, 2.05) is 133 Å². The maximum absolute atomic E-state index is 14.5. The number of rotatable bonds is 16. The van der Waals surface area contributed by atoms with Crippen LogP contribution in [0.1, 0.15) is 22.3 Å². The first kappa shape index (κ1) is 31.6. The summed E-state index contributed by atoms with van der Waals surface area (Å²) in [6, 6.07) is 47.6. The molecule has 5 rings (SSSR count). The Morgan fingerprint density at radius 1 is 0.341 bits per heavy atom. The number of hydrogen-bond acceptors (Lipinski definition) is 4. The van der Waals surface area contributed by atoms with Gasteiger partial charge in [-0.05, 0) is 60.1 Å². The van der Waals surface area contributed by atoms with Crippen molar-refractivity contribution in [2.45, 2.75) is 25.7 Å². The normalized spacial score (nSPS) is 11.6. The van der Waals surface area contributed by atoms with Crippen LogP contribution in [0.3, 0.4) is 0 Å². The fourth-order valence-electron chi connectivity index (χ4n) is 5.14. The summed E-state index contributed by atoms with van der Waals surface area (Å²) in [5.74, 6) is 0.771. The molecule has 0 radical (unpaired) electrons. The van der Waals surface area contributed by atoms with Crippen molar-refractivity contribution in [2.24, 2.45) is 0 Å². The minimum absolute atomic E-state index is 0.386. The Morgan fingerprint density at radius 2 is 0.568 bits per heavy atom. The van der Waals surface area contributed by atoms with Gasteiger partial charge in [-0.2, -0.15) is 0 Å². The van der Waals surface area contributed by atoms with Gasteiger partial charge in [0.15, 0.2) is 11.5 Å². The fourth-order valence-corrected chi connectivity index (χ4v) is 9.37. The Labute approximate surface area is 262 Å². The molecular weight excluding hydrogens is 582 g/mol. The van der Waals surface area contributed by atoms with Crippen LogP contribution in [-0.2, 0) is 34.8 Å². The molecule has 0 N–H and O–H groups in total. The molecule has 0 bridgehead atoms. The second kappa shape index (κ2) is 15.8. The molecule has 0 heterocycles. The highest BCUT2D eigenvalue weighted by atomic mass is 31.2. The summed E-state index contributed by atoms with van der Waals surface area (Å²) in [6.45, 7) is 0. The molecule has 4 nitrogen and oxygen atoms in total. The van der Waals surface area contributed by atoms with Crippen molar-refractivity contribution in [3.63, 3.8) is 0 Å². The minimum atomic E-state index is -3.16. The van der Waals surface area contributed by atoms with Gasteiger partial charge in [0.25, 0.3) is 0 Å². The quantitative estimate of drug-likeness (QED) is 0.103. The number of benzene rings is 5. The van der Waals surface area contributed by atoms with Crippen LogP contribution in [0.5, 0.6) is 11.5 Å². The van der Waals surface area contributed by atoms with Crippen molar-refractivity contribution in [3.8, 4) is 11.5 Å². The lowest BCUT2D eigenvalue weighted by molar-refractivity contribution is 0.445. The third-order valence-electron chi connectivity index (χ3n) is 7.71. The highest BCUT2D eigenvalue weighted by molar-refractivity contribution is 7.59. The first-order valence-corrected chi connectivity index (χ1v) is 19.3. The van der Waals surface area contributed by atoms with E-state index < -0.39 is 14.7 Å². The van der Waals surface area contributed by atoms with Gasteiger partial charge in [-0.3, -0.25) is 9.13 Å². The zero-order valence-electron chi connectivity index (χ0n) is 25.0. The summed E-state index contributed by atoms with van der Waals surface area (Å²) in [7, 11) is -6.32. The molecule has 44 heavy (non-hydrogen) atoms. The fraction of sp³-hybridized carbons (Fsp3) is 0.211. The van der Waals surface area contributed by atoms with Gasteiger partial charge in [-0.1, -0.05) is 133 Å². The maximum Gasteiger partial charge on any atom is 0.248 e. The molecule has 0 aliphatic rings. The number of para-hydroxylation sites is 2. The largest absolute Gasteiger partial charge is 0.439 e. The molecule has 5 aromatic carbocycles. The summed E-state index contributed by atoms with van der Waals surface area (Å²) >= 11 is 0. The molecule has 0 unspecified atom stereocenters. The lowest BCUT2D eigenvalue weighted by Crippen LogP contribution is -2.10. The third kappa shape index (κ3) is 9.84. The third-order valence-corrected chi connectivity index (χ3v) is 12.4. The average Bonchev–Trinajstić information content (AvgIpc) is 3.08. The molecule has 0 fully saturated rings. The summed E-state index contributed by atoms with van der Waals surface area (Å²) in [5.41, 5.74) is 4.47. The molecule has 226 valence electrons. The monoisotopic (exact) mass is 622 g/mol. The van der Waals surface area contributed by atoms with Gasteiger partial charge in [0, 0.05) is 24.6 Å². The van der Waals surface area contributed by atoms with E-state index >= 15 is 0 Å². The predicted octanol–water partition coefficient (Wildman–Crippen LogP) is 9.97. The summed E-state index contributed by atoms with van der Waals surface area (Å²) in [4.78, 5) is 0. The summed E-state index contributed by atoms with van der Waals surface area (Å²) in [6.07, 6.45) is 4.17. The number of hydrogen-bond donors (Lipinski definition) is 0. The first-order valence-electron chi connectivity index (χ1n) is 15.3. The Balaban J connectivity index is 1.37. The summed E-state index contributed by atoms with van der Waals surface area (Å²) < 4.78 is 42.0. The van der Waals surface area contributed by atoms with Gasteiger partial charge >= 0.3 is 0 Å². The highest BCUT2D eigenvalue weighted by Crippen LogP contribution is 2.54. The van der Waals surface area contributed by atoms with Crippen LogP contribution >= 0.6 is 14.7 Å². The van der Waals surface area contributed by atoms with Gasteiger partial charge in [-0.25, -0.2) is 0 Å². The zero-order chi connectivity index (χ0) is 30.5. The smallest absolute Gasteiger partial charge is 0.248 e. The molecule has 0 saturated carbocycles. The molecule has 0 aliphatic carbocycles. The van der Waals surface area contributed by atoms with Gasteiger partial charge in [-0.15, -0.1) is 0 Å². The molecule has 0 saturated heterocycles.